The Morgan fingerprint density at radius 1 is 0.941 bits per heavy atom. The van der Waals surface area contributed by atoms with Crippen molar-refractivity contribution in [1.82, 2.24) is 19.4 Å². The van der Waals surface area contributed by atoms with E-state index < -0.39 is 17.3 Å². The molecular formula is C38H33ClFN5O6. The Balaban J connectivity index is 1.08. The van der Waals surface area contributed by atoms with Gasteiger partial charge in [-0.1, -0.05) is 29.8 Å². The first-order valence-corrected chi connectivity index (χ1v) is 16.7. The SMILES string of the molecule is COc1cc2c(Oc3ccc(NC(=O)c4nc5ccccc5n(-c5cccc(Cl)c5)c4=O)cc3F)ccnc2cc1OCCCN1CCOCC1. The number of amides is 1. The number of methoxy groups -OCH3 is 1. The zero-order valence-corrected chi connectivity index (χ0v) is 28.4. The molecule has 4 aromatic carbocycles. The maximum absolute atomic E-state index is 15.5. The van der Waals surface area contributed by atoms with E-state index in [1.54, 1.807) is 80.0 Å². The van der Waals surface area contributed by atoms with E-state index >= 15 is 4.39 Å². The number of fused-ring (bicyclic) bond motifs is 2. The fraction of sp³-hybridized carbons (Fsp3) is 0.211. The van der Waals surface area contributed by atoms with Crippen LogP contribution in [0.5, 0.6) is 23.0 Å². The van der Waals surface area contributed by atoms with Crippen LogP contribution in [-0.4, -0.2) is 71.9 Å². The number of nitrogens with zero attached hydrogens (tertiary/aromatic N) is 4. The van der Waals surface area contributed by atoms with Gasteiger partial charge in [-0.15, -0.1) is 0 Å². The Morgan fingerprint density at radius 3 is 2.59 bits per heavy atom. The van der Waals surface area contributed by atoms with Gasteiger partial charge in [-0.3, -0.25) is 24.0 Å². The molecule has 0 radical (unpaired) electrons. The van der Waals surface area contributed by atoms with Gasteiger partial charge in [-0.2, -0.15) is 0 Å². The summed E-state index contributed by atoms with van der Waals surface area (Å²) < 4.78 is 39.9. The quantitative estimate of drug-likeness (QED) is 0.144. The van der Waals surface area contributed by atoms with Crippen LogP contribution in [0.4, 0.5) is 10.1 Å². The Morgan fingerprint density at radius 2 is 1.78 bits per heavy atom. The zero-order valence-electron chi connectivity index (χ0n) is 27.6. The summed E-state index contributed by atoms with van der Waals surface area (Å²) in [6.07, 6.45) is 2.40. The highest BCUT2D eigenvalue weighted by atomic mass is 35.5. The molecule has 0 saturated carbocycles. The van der Waals surface area contributed by atoms with E-state index in [0.29, 0.717) is 56.5 Å². The predicted molar refractivity (Wildman–Crippen MR) is 192 cm³/mol. The average molecular weight is 710 g/mol. The van der Waals surface area contributed by atoms with Gasteiger partial charge in [0, 0.05) is 54.1 Å². The summed E-state index contributed by atoms with van der Waals surface area (Å²) in [4.78, 5) is 38.2. The second-order valence-electron chi connectivity index (χ2n) is 11.8. The minimum absolute atomic E-state index is 0.0879. The molecule has 0 aliphatic carbocycles. The molecule has 1 N–H and O–H groups in total. The van der Waals surface area contributed by atoms with Crippen molar-refractivity contribution >= 4 is 45.1 Å². The largest absolute Gasteiger partial charge is 0.493 e. The van der Waals surface area contributed by atoms with Crippen molar-refractivity contribution < 1.29 is 28.1 Å². The normalized spacial score (nSPS) is 13.3. The maximum Gasteiger partial charge on any atom is 0.287 e. The van der Waals surface area contributed by atoms with E-state index in [2.05, 4.69) is 20.2 Å². The molecule has 2 aromatic heterocycles. The Bertz CT molecular complexity index is 2290. The van der Waals surface area contributed by atoms with Crippen LogP contribution >= 0.6 is 11.6 Å². The van der Waals surface area contributed by atoms with Crippen molar-refractivity contribution in [3.63, 3.8) is 0 Å². The molecule has 1 amide bonds. The molecule has 0 unspecified atom stereocenters. The number of hydrogen-bond donors (Lipinski definition) is 1. The number of para-hydroxylation sites is 2. The number of morpholine rings is 1. The van der Waals surface area contributed by atoms with Gasteiger partial charge in [0.2, 0.25) is 0 Å². The summed E-state index contributed by atoms with van der Waals surface area (Å²) in [5.74, 6) is -0.261. The van der Waals surface area contributed by atoms with Crippen LogP contribution in [-0.2, 0) is 4.74 Å². The molecule has 7 rings (SSSR count). The highest BCUT2D eigenvalue weighted by Gasteiger charge is 2.20. The fourth-order valence-corrected chi connectivity index (χ4v) is 6.09. The number of pyridine rings is 1. The molecule has 0 bridgehead atoms. The number of hydrogen-bond acceptors (Lipinski definition) is 9. The predicted octanol–water partition coefficient (Wildman–Crippen LogP) is 6.88. The molecule has 0 spiro atoms. The van der Waals surface area contributed by atoms with E-state index in [1.165, 1.54) is 16.7 Å². The lowest BCUT2D eigenvalue weighted by Gasteiger charge is -2.26. The summed E-state index contributed by atoms with van der Waals surface area (Å²) >= 11 is 6.20. The summed E-state index contributed by atoms with van der Waals surface area (Å²) in [5.41, 5.74) is 1.04. The topological polar surface area (TPSA) is 117 Å². The van der Waals surface area contributed by atoms with Crippen molar-refractivity contribution in [2.24, 2.45) is 0 Å². The van der Waals surface area contributed by atoms with Crippen LogP contribution in [0.15, 0.2) is 95.9 Å². The monoisotopic (exact) mass is 709 g/mol. The van der Waals surface area contributed by atoms with Gasteiger partial charge in [0.15, 0.2) is 28.8 Å². The number of carbonyl (C=O) groups excluding carboxylic acids is 1. The minimum Gasteiger partial charge on any atom is -0.493 e. The second kappa shape index (κ2) is 15.1. The standard InChI is InChI=1S/C38H33ClFN5O6/c1-48-34-22-27-30(23-35(34)50-17-5-14-44-15-18-49-19-16-44)41-13-12-32(27)51-33-11-10-25(21-28(33)40)42-37(46)36-38(47)45(26-7-4-6-24(39)20-26)31-9-3-2-8-29(31)43-36/h2-4,6-13,20-23H,5,14-19H2,1H3,(H,42,46). The average Bonchev–Trinajstić information content (AvgIpc) is 3.14. The number of anilines is 1. The summed E-state index contributed by atoms with van der Waals surface area (Å²) in [7, 11) is 1.55. The van der Waals surface area contributed by atoms with Gasteiger partial charge in [-0.25, -0.2) is 9.37 Å². The zero-order chi connectivity index (χ0) is 35.3. The lowest BCUT2D eigenvalue weighted by molar-refractivity contribution is 0.0357. The van der Waals surface area contributed by atoms with E-state index in [0.717, 1.165) is 45.3 Å². The van der Waals surface area contributed by atoms with E-state index in [1.807, 2.05) is 0 Å². The van der Waals surface area contributed by atoms with E-state index in [4.69, 9.17) is 30.5 Å². The maximum atomic E-state index is 15.5. The smallest absolute Gasteiger partial charge is 0.287 e. The second-order valence-corrected chi connectivity index (χ2v) is 12.2. The number of nitrogens with one attached hydrogen (secondary N) is 1. The minimum atomic E-state index is -0.805. The molecule has 3 heterocycles. The van der Waals surface area contributed by atoms with E-state index in [9.17, 15) is 9.59 Å². The number of halogens is 2. The highest BCUT2D eigenvalue weighted by Crippen LogP contribution is 2.38. The van der Waals surface area contributed by atoms with Crippen LogP contribution < -0.4 is 25.1 Å². The fourth-order valence-electron chi connectivity index (χ4n) is 5.91. The molecule has 1 aliphatic heterocycles. The summed E-state index contributed by atoms with van der Waals surface area (Å²) in [6.45, 7) is 4.74. The van der Waals surface area contributed by atoms with Crippen molar-refractivity contribution in [2.75, 3.05) is 51.9 Å². The number of benzene rings is 4. The van der Waals surface area contributed by atoms with Gasteiger partial charge in [0.05, 0.1) is 49.2 Å². The molecule has 1 saturated heterocycles. The third kappa shape index (κ3) is 7.48. The van der Waals surface area contributed by atoms with Crippen LogP contribution in [0.2, 0.25) is 5.02 Å². The van der Waals surface area contributed by atoms with Crippen LogP contribution in [0.25, 0.3) is 27.6 Å². The van der Waals surface area contributed by atoms with Gasteiger partial charge in [0.25, 0.3) is 11.5 Å². The van der Waals surface area contributed by atoms with Crippen molar-refractivity contribution in [1.29, 1.82) is 0 Å². The van der Waals surface area contributed by atoms with Gasteiger partial charge >= 0.3 is 0 Å². The van der Waals surface area contributed by atoms with Gasteiger partial charge < -0.3 is 24.3 Å². The Kier molecular flexibility index (Phi) is 10.1. The summed E-state index contributed by atoms with van der Waals surface area (Å²) in [6, 6.07) is 22.8. The molecule has 51 heavy (non-hydrogen) atoms. The first-order chi connectivity index (χ1) is 24.9. The Labute approximate surface area is 297 Å². The molecule has 11 nitrogen and oxygen atoms in total. The molecule has 1 fully saturated rings. The lowest BCUT2D eigenvalue weighted by atomic mass is 10.1. The first kappa shape index (κ1) is 33.9. The van der Waals surface area contributed by atoms with Crippen LogP contribution in [0, 0.1) is 5.82 Å². The number of carbonyl (C=O) groups is 1. The van der Waals surface area contributed by atoms with Crippen LogP contribution in [0.1, 0.15) is 16.9 Å². The Hall–Kier alpha value is -5.56. The van der Waals surface area contributed by atoms with Crippen molar-refractivity contribution in [3.05, 3.63) is 118 Å². The van der Waals surface area contributed by atoms with Crippen molar-refractivity contribution in [3.8, 4) is 28.7 Å². The molecule has 6 aromatic rings. The van der Waals surface area contributed by atoms with Crippen molar-refractivity contribution in [2.45, 2.75) is 6.42 Å². The first-order valence-electron chi connectivity index (χ1n) is 16.3. The third-order valence-electron chi connectivity index (χ3n) is 8.42. The number of rotatable bonds is 11. The van der Waals surface area contributed by atoms with E-state index in [-0.39, 0.29) is 17.1 Å². The molecule has 13 heteroatoms. The van der Waals surface area contributed by atoms with Gasteiger partial charge in [-0.05, 0) is 61.0 Å². The lowest BCUT2D eigenvalue weighted by Crippen LogP contribution is -2.37. The number of aromatic nitrogens is 3. The molecule has 1 aliphatic rings. The third-order valence-corrected chi connectivity index (χ3v) is 8.65. The number of ether oxygens (including phenoxy) is 4. The summed E-state index contributed by atoms with van der Waals surface area (Å²) in [5, 5.41) is 3.60. The molecule has 260 valence electrons. The molecular weight excluding hydrogens is 677 g/mol. The van der Waals surface area contributed by atoms with Gasteiger partial charge in [0.1, 0.15) is 5.75 Å². The molecule has 0 atom stereocenters. The van der Waals surface area contributed by atoms with Crippen LogP contribution in [0.3, 0.4) is 0 Å². The highest BCUT2D eigenvalue weighted by molar-refractivity contribution is 6.30.